The van der Waals surface area contributed by atoms with E-state index in [0.29, 0.717) is 17.0 Å². The number of furan rings is 1. The van der Waals surface area contributed by atoms with Crippen LogP contribution in [0, 0.1) is 0 Å². The molecule has 0 spiro atoms. The van der Waals surface area contributed by atoms with Gasteiger partial charge in [0.2, 0.25) is 5.28 Å². The summed E-state index contributed by atoms with van der Waals surface area (Å²) in [5, 5.41) is 6.73. The SMILES string of the molecule is [2H]c1c([2H])c([2H])c2c(oc3c(-c4cccc(-c5nc(Cl)nc(-c6ccc7c8ccccc8c8ccccc8c7c6)n5)c4)c([2H])c([2H])c([2H])c32)c1[2H]. The van der Waals surface area contributed by atoms with Crippen LogP contribution in [0.2, 0.25) is 5.28 Å². The summed E-state index contributed by atoms with van der Waals surface area (Å²) >= 11 is 6.52. The molecule has 44 heavy (non-hydrogen) atoms. The largest absolute Gasteiger partial charge is 0.455 e. The smallest absolute Gasteiger partial charge is 0.226 e. The molecule has 5 heteroatoms. The number of hydrogen-bond donors (Lipinski definition) is 0. The van der Waals surface area contributed by atoms with Crippen LogP contribution < -0.4 is 0 Å². The Morgan fingerprint density at radius 3 is 1.86 bits per heavy atom. The maximum absolute atomic E-state index is 8.85. The molecule has 9 rings (SSSR count). The Morgan fingerprint density at radius 2 is 1.11 bits per heavy atom. The summed E-state index contributed by atoms with van der Waals surface area (Å²) < 4.78 is 65.4. The molecule has 2 heterocycles. The van der Waals surface area contributed by atoms with Crippen LogP contribution in [0.15, 0.2) is 138 Å². The fourth-order valence-electron chi connectivity index (χ4n) is 6.00. The van der Waals surface area contributed by atoms with E-state index < -0.39 is 24.2 Å². The summed E-state index contributed by atoms with van der Waals surface area (Å²) in [6.07, 6.45) is 0. The van der Waals surface area contributed by atoms with E-state index in [-0.39, 0.29) is 56.7 Å². The molecule has 0 N–H and O–H groups in total. The Bertz CT molecular complexity index is 2950. The average Bonchev–Trinajstić information content (AvgIpc) is 3.56. The van der Waals surface area contributed by atoms with E-state index in [4.69, 9.17) is 30.6 Å². The molecule has 0 aliphatic carbocycles. The zero-order chi connectivity index (χ0) is 35.3. The standard InChI is InChI=1S/C39H22ClN3O/c40-39-42-37(24-10-7-9-23(21-24)26-16-8-17-33-32-15-5-6-18-35(32)44-36(26)33)41-38(43-39)25-19-20-31-29-13-2-1-11-27(29)28-12-3-4-14-30(28)34(31)22-25/h1-22H/i5D,6D,8D,15D,16D,17D,18D. The number of halogens is 1. The van der Waals surface area contributed by atoms with Gasteiger partial charge in [-0.05, 0) is 67.7 Å². The van der Waals surface area contributed by atoms with Crippen LogP contribution in [-0.2, 0) is 0 Å². The Balaban J connectivity index is 1.22. The number of rotatable bonds is 3. The maximum Gasteiger partial charge on any atom is 0.226 e. The lowest BCUT2D eigenvalue weighted by molar-refractivity contribution is 0.670. The number of aromatic nitrogens is 3. The minimum Gasteiger partial charge on any atom is -0.455 e. The fourth-order valence-corrected chi connectivity index (χ4v) is 6.16. The number of fused-ring (bicyclic) bond motifs is 9. The molecule has 9 aromatic rings. The maximum atomic E-state index is 8.85. The van der Waals surface area contributed by atoms with Gasteiger partial charge in [0, 0.05) is 27.5 Å². The molecule has 206 valence electrons. The van der Waals surface area contributed by atoms with Crippen molar-refractivity contribution in [3.05, 3.63) is 139 Å². The molecule has 7 aromatic carbocycles. The van der Waals surface area contributed by atoms with Gasteiger partial charge < -0.3 is 4.42 Å². The zero-order valence-electron chi connectivity index (χ0n) is 29.8. The van der Waals surface area contributed by atoms with E-state index in [0.717, 1.165) is 32.5 Å². The topological polar surface area (TPSA) is 51.8 Å². The Kier molecular flexibility index (Phi) is 4.17. The van der Waals surface area contributed by atoms with Crippen molar-refractivity contribution < 1.29 is 14.0 Å². The molecule has 0 radical (unpaired) electrons. The minimum atomic E-state index is -0.478. The lowest BCUT2D eigenvalue weighted by atomic mass is 9.93. The first kappa shape index (κ1) is 18.9. The second-order valence-corrected chi connectivity index (χ2v) is 10.8. The monoisotopic (exact) mass is 590 g/mol. The van der Waals surface area contributed by atoms with Gasteiger partial charge in [-0.2, -0.15) is 9.97 Å². The van der Waals surface area contributed by atoms with Crippen molar-refractivity contribution >= 4 is 65.9 Å². The van der Waals surface area contributed by atoms with Crippen molar-refractivity contribution in [2.45, 2.75) is 0 Å². The number of nitrogens with zero attached hydrogens (tertiary/aromatic N) is 3. The van der Waals surface area contributed by atoms with Gasteiger partial charge in [0.05, 0.1) is 9.60 Å². The van der Waals surface area contributed by atoms with E-state index in [1.165, 1.54) is 5.39 Å². The van der Waals surface area contributed by atoms with Gasteiger partial charge in [-0.1, -0.05) is 115 Å². The van der Waals surface area contributed by atoms with Gasteiger partial charge in [-0.3, -0.25) is 0 Å². The van der Waals surface area contributed by atoms with Gasteiger partial charge in [-0.25, -0.2) is 4.98 Å². The zero-order valence-corrected chi connectivity index (χ0v) is 23.5. The van der Waals surface area contributed by atoms with E-state index >= 15 is 0 Å². The van der Waals surface area contributed by atoms with Crippen molar-refractivity contribution in [2.75, 3.05) is 0 Å². The van der Waals surface area contributed by atoms with Crippen molar-refractivity contribution in [3.63, 3.8) is 0 Å². The molecule has 0 amide bonds. The number of hydrogen-bond acceptors (Lipinski definition) is 4. The highest BCUT2D eigenvalue weighted by atomic mass is 35.5. The normalized spacial score (nSPS) is 14.0. The molecule has 0 saturated heterocycles. The van der Waals surface area contributed by atoms with Gasteiger partial charge in [-0.15, -0.1) is 0 Å². The number of para-hydroxylation sites is 2. The molecule has 0 atom stereocenters. The lowest BCUT2D eigenvalue weighted by Crippen LogP contribution is -1.97. The van der Waals surface area contributed by atoms with Crippen molar-refractivity contribution in [1.82, 2.24) is 15.0 Å². The van der Waals surface area contributed by atoms with Gasteiger partial charge >= 0.3 is 0 Å². The summed E-state index contributed by atoms with van der Waals surface area (Å²) in [5.74, 6) is 0.635. The summed E-state index contributed by atoms with van der Waals surface area (Å²) in [5.41, 5.74) is 1.75. The molecule has 2 aromatic heterocycles. The molecular formula is C39H22ClN3O. The summed E-state index contributed by atoms with van der Waals surface area (Å²) in [6, 6.07) is 26.9. The second-order valence-electron chi connectivity index (χ2n) is 10.4. The molecule has 4 nitrogen and oxygen atoms in total. The van der Waals surface area contributed by atoms with E-state index in [1.807, 2.05) is 30.3 Å². The Labute approximate surface area is 267 Å². The van der Waals surface area contributed by atoms with Gasteiger partial charge in [0.1, 0.15) is 11.2 Å². The highest BCUT2D eigenvalue weighted by Crippen LogP contribution is 2.38. The highest BCUT2D eigenvalue weighted by molar-refractivity contribution is 6.28. The number of benzene rings is 7. The van der Waals surface area contributed by atoms with Crippen LogP contribution in [0.5, 0.6) is 0 Å². The minimum absolute atomic E-state index is 0.00282. The molecule has 0 fully saturated rings. The fraction of sp³-hybridized carbons (Fsp3) is 0. The third-order valence-electron chi connectivity index (χ3n) is 7.96. The summed E-state index contributed by atoms with van der Waals surface area (Å²) in [4.78, 5) is 13.7. The molecule has 0 bridgehead atoms. The predicted molar refractivity (Wildman–Crippen MR) is 181 cm³/mol. The van der Waals surface area contributed by atoms with E-state index in [2.05, 4.69) is 46.4 Å². The van der Waals surface area contributed by atoms with Crippen LogP contribution in [-0.4, -0.2) is 15.0 Å². The molecule has 0 unspecified atom stereocenters. The van der Waals surface area contributed by atoms with Crippen LogP contribution in [0.4, 0.5) is 0 Å². The molecule has 0 saturated carbocycles. The quantitative estimate of drug-likeness (QED) is 0.192. The van der Waals surface area contributed by atoms with E-state index in [9.17, 15) is 0 Å². The third-order valence-corrected chi connectivity index (χ3v) is 8.13. The average molecular weight is 591 g/mol. The molecular weight excluding hydrogens is 562 g/mol. The Hall–Kier alpha value is -5.58. The lowest BCUT2D eigenvalue weighted by Gasteiger charge is -2.12. The van der Waals surface area contributed by atoms with E-state index in [1.54, 1.807) is 24.3 Å². The van der Waals surface area contributed by atoms with Crippen LogP contribution in [0.1, 0.15) is 9.60 Å². The molecule has 0 aliphatic rings. The second kappa shape index (κ2) is 9.73. The van der Waals surface area contributed by atoms with Crippen LogP contribution in [0.25, 0.3) is 88.2 Å². The molecule has 0 aliphatic heterocycles. The first-order chi connectivity index (χ1) is 24.6. The summed E-state index contributed by atoms with van der Waals surface area (Å²) in [7, 11) is 0. The third kappa shape index (κ3) is 3.89. The predicted octanol–water partition coefficient (Wildman–Crippen LogP) is 10.9. The van der Waals surface area contributed by atoms with Crippen LogP contribution >= 0.6 is 11.6 Å². The highest BCUT2D eigenvalue weighted by Gasteiger charge is 2.16. The first-order valence-electron chi connectivity index (χ1n) is 17.4. The Morgan fingerprint density at radius 1 is 0.500 bits per heavy atom. The van der Waals surface area contributed by atoms with Crippen molar-refractivity contribution in [3.8, 4) is 33.9 Å². The first-order valence-corrected chi connectivity index (χ1v) is 14.3. The van der Waals surface area contributed by atoms with Crippen molar-refractivity contribution in [2.24, 2.45) is 0 Å². The summed E-state index contributed by atoms with van der Waals surface area (Å²) in [6.45, 7) is 0. The van der Waals surface area contributed by atoms with Crippen LogP contribution in [0.3, 0.4) is 0 Å². The van der Waals surface area contributed by atoms with Gasteiger partial charge in [0.25, 0.3) is 0 Å². The van der Waals surface area contributed by atoms with Crippen molar-refractivity contribution in [1.29, 1.82) is 0 Å². The van der Waals surface area contributed by atoms with Gasteiger partial charge in [0.15, 0.2) is 11.6 Å².